The second-order valence-corrected chi connectivity index (χ2v) is 15.5. The molecule has 7 nitrogen and oxygen atoms in total. The number of hydrogen-bond acceptors (Lipinski definition) is 5. The number of likely N-dealkylation sites (tertiary alicyclic amines) is 1. The van der Waals surface area contributed by atoms with E-state index in [4.69, 9.17) is 22.1 Å². The van der Waals surface area contributed by atoms with E-state index >= 15 is 8.78 Å². The highest BCUT2D eigenvalue weighted by atomic mass is 35.5. The van der Waals surface area contributed by atoms with Crippen LogP contribution in [0, 0.1) is 11.8 Å². The van der Waals surface area contributed by atoms with E-state index in [0.29, 0.717) is 21.7 Å². The number of piperidine rings is 1. The van der Waals surface area contributed by atoms with Crippen molar-refractivity contribution in [3.8, 4) is 16.9 Å². The zero-order valence-electron chi connectivity index (χ0n) is 26.3. The summed E-state index contributed by atoms with van der Waals surface area (Å²) < 4.78 is 69.1. The predicted molar refractivity (Wildman–Crippen MR) is 182 cm³/mol. The van der Waals surface area contributed by atoms with Crippen LogP contribution in [0.3, 0.4) is 0 Å². The highest BCUT2D eigenvalue weighted by Gasteiger charge is 2.52. The topological polar surface area (TPSA) is 102 Å². The number of carbonyl (C=O) groups excluding carboxylic acids is 1. The normalized spacial score (nSPS) is 22.2. The Morgan fingerprint density at radius 3 is 2.08 bits per heavy atom. The van der Waals surface area contributed by atoms with Crippen molar-refractivity contribution < 1.29 is 26.7 Å². The minimum atomic E-state index is -4.58. The number of halogens is 3. The van der Waals surface area contributed by atoms with E-state index < -0.39 is 33.5 Å². The fraction of sp³-hybridized carbons (Fsp3) is 0.378. The van der Waals surface area contributed by atoms with Crippen LogP contribution < -0.4 is 15.2 Å². The molecule has 0 spiro atoms. The van der Waals surface area contributed by atoms with Crippen LogP contribution in [0.2, 0.25) is 5.02 Å². The molecule has 4 aromatic rings. The average molecular weight is 694 g/mol. The molecule has 3 fully saturated rings. The van der Waals surface area contributed by atoms with Crippen LogP contribution in [0.5, 0.6) is 5.75 Å². The number of nitrogens with two attached hydrogens (primary N) is 1. The van der Waals surface area contributed by atoms with Gasteiger partial charge in [-0.3, -0.25) is 4.79 Å². The lowest BCUT2D eigenvalue weighted by molar-refractivity contribution is -0.146. The SMILES string of the molecule is NC1C2CCC1CN(C(=O)C(NS(=O)(=O)c1ccc3cc(OC4CCCC4)ccc3c1)C(F)(F)c1ccc(-c3ccc(Cl)cc3)cc1)C2. The molecule has 7 rings (SSSR count). The first-order valence-corrected chi connectivity index (χ1v) is 18.4. The lowest BCUT2D eigenvalue weighted by Gasteiger charge is -2.39. The second kappa shape index (κ2) is 13.0. The molecular formula is C37H38ClF2N3O4S. The van der Waals surface area contributed by atoms with Gasteiger partial charge in [0.2, 0.25) is 15.9 Å². The molecule has 11 heteroatoms. The first-order valence-electron chi connectivity index (χ1n) is 16.5. The van der Waals surface area contributed by atoms with Gasteiger partial charge < -0.3 is 15.4 Å². The van der Waals surface area contributed by atoms with Gasteiger partial charge in [-0.1, -0.05) is 60.1 Å². The number of sulfonamides is 1. The number of alkyl halides is 2. The molecule has 3 aliphatic rings. The average Bonchev–Trinajstić information content (AvgIpc) is 3.65. The third kappa shape index (κ3) is 6.55. The molecule has 0 aromatic heterocycles. The largest absolute Gasteiger partial charge is 0.490 e. The molecule has 1 amide bonds. The van der Waals surface area contributed by atoms with Crippen LogP contribution in [0.1, 0.15) is 44.1 Å². The van der Waals surface area contributed by atoms with Gasteiger partial charge in [-0.25, -0.2) is 8.42 Å². The number of hydrogen-bond donors (Lipinski definition) is 2. The molecule has 1 heterocycles. The van der Waals surface area contributed by atoms with Gasteiger partial charge in [-0.05, 0) is 109 Å². The van der Waals surface area contributed by atoms with E-state index in [-0.39, 0.29) is 42.0 Å². The lowest BCUT2D eigenvalue weighted by atomic mass is 9.91. The Balaban J connectivity index is 1.18. The third-order valence-corrected chi connectivity index (χ3v) is 11.9. The number of fused-ring (bicyclic) bond motifs is 3. The molecule has 3 N–H and O–H groups in total. The fourth-order valence-corrected chi connectivity index (χ4v) is 8.82. The summed E-state index contributed by atoms with van der Waals surface area (Å²) in [6.45, 7) is 0.420. The maximum Gasteiger partial charge on any atom is 0.298 e. The summed E-state index contributed by atoms with van der Waals surface area (Å²) in [6, 6.07) is 19.8. The Kier molecular flexibility index (Phi) is 8.95. The Morgan fingerprint density at radius 2 is 1.44 bits per heavy atom. The maximum absolute atomic E-state index is 16.6. The van der Waals surface area contributed by atoms with Gasteiger partial charge in [0.1, 0.15) is 5.75 Å². The van der Waals surface area contributed by atoms with Crippen molar-refractivity contribution in [3.05, 3.63) is 95.5 Å². The number of ether oxygens (including phenoxy) is 1. The summed E-state index contributed by atoms with van der Waals surface area (Å²) in [4.78, 5) is 15.2. The van der Waals surface area contributed by atoms with E-state index in [1.807, 2.05) is 6.07 Å². The van der Waals surface area contributed by atoms with Gasteiger partial charge in [0.05, 0.1) is 11.0 Å². The summed E-state index contributed by atoms with van der Waals surface area (Å²) >= 11 is 6.00. The zero-order valence-corrected chi connectivity index (χ0v) is 27.9. The fourth-order valence-electron chi connectivity index (χ4n) is 7.46. The van der Waals surface area contributed by atoms with Crippen LogP contribution >= 0.6 is 11.6 Å². The quantitative estimate of drug-likeness (QED) is 0.195. The molecule has 3 unspecified atom stereocenters. The molecule has 0 radical (unpaired) electrons. The molecule has 1 aliphatic heterocycles. The van der Waals surface area contributed by atoms with Crippen LogP contribution in [-0.2, 0) is 20.7 Å². The number of amides is 1. The van der Waals surface area contributed by atoms with Gasteiger partial charge in [0.15, 0.2) is 6.04 Å². The first kappa shape index (κ1) is 33.0. The Hall–Kier alpha value is -3.57. The Bertz CT molecular complexity index is 1900. The number of rotatable bonds is 9. The van der Waals surface area contributed by atoms with Crippen molar-refractivity contribution in [2.24, 2.45) is 17.6 Å². The summed E-state index contributed by atoms with van der Waals surface area (Å²) in [5.74, 6) is -4.18. The molecular weight excluding hydrogens is 656 g/mol. The number of nitrogens with one attached hydrogen (secondary N) is 1. The lowest BCUT2D eigenvalue weighted by Crippen LogP contribution is -2.60. The van der Waals surface area contributed by atoms with Crippen LogP contribution in [0.25, 0.3) is 21.9 Å². The van der Waals surface area contributed by atoms with Crippen molar-refractivity contribution >= 4 is 38.3 Å². The Morgan fingerprint density at radius 1 is 0.854 bits per heavy atom. The predicted octanol–water partition coefficient (Wildman–Crippen LogP) is 7.12. The van der Waals surface area contributed by atoms with Crippen molar-refractivity contribution in [3.63, 3.8) is 0 Å². The highest BCUT2D eigenvalue weighted by Crippen LogP contribution is 2.39. The minimum absolute atomic E-state index is 0.0136. The monoisotopic (exact) mass is 693 g/mol. The smallest absolute Gasteiger partial charge is 0.298 e. The second-order valence-electron chi connectivity index (χ2n) is 13.4. The van der Waals surface area contributed by atoms with Crippen LogP contribution in [0.4, 0.5) is 8.78 Å². The number of nitrogens with zero attached hydrogens (tertiary/aromatic N) is 1. The van der Waals surface area contributed by atoms with Crippen molar-refractivity contribution in [1.29, 1.82) is 0 Å². The van der Waals surface area contributed by atoms with Crippen molar-refractivity contribution in [2.75, 3.05) is 13.1 Å². The first-order chi connectivity index (χ1) is 23.0. The van der Waals surface area contributed by atoms with E-state index in [2.05, 4.69) is 4.72 Å². The third-order valence-electron chi connectivity index (χ3n) is 10.2. The van der Waals surface area contributed by atoms with E-state index in [1.54, 1.807) is 42.5 Å². The molecule has 4 aromatic carbocycles. The molecule has 252 valence electrons. The Labute approximate surface area is 284 Å². The van der Waals surface area contributed by atoms with Gasteiger partial charge in [-0.15, -0.1) is 0 Å². The van der Waals surface area contributed by atoms with Crippen LogP contribution in [0.15, 0.2) is 89.8 Å². The summed E-state index contributed by atoms with van der Waals surface area (Å²) in [7, 11) is -4.58. The van der Waals surface area contributed by atoms with Gasteiger partial charge in [0, 0.05) is 29.7 Å². The molecule has 2 aliphatic carbocycles. The highest BCUT2D eigenvalue weighted by molar-refractivity contribution is 7.89. The minimum Gasteiger partial charge on any atom is -0.490 e. The summed E-state index contributed by atoms with van der Waals surface area (Å²) in [6.07, 6.45) is 6.05. The van der Waals surface area contributed by atoms with Gasteiger partial charge >= 0.3 is 0 Å². The molecule has 2 bridgehead atoms. The number of carbonyl (C=O) groups is 1. The van der Waals surface area contributed by atoms with E-state index in [1.165, 1.54) is 41.3 Å². The summed E-state index contributed by atoms with van der Waals surface area (Å²) in [5.41, 5.74) is 7.29. The van der Waals surface area contributed by atoms with Gasteiger partial charge in [-0.2, -0.15) is 13.5 Å². The number of benzene rings is 4. The molecule has 2 saturated carbocycles. The standard InChI is InChI=1S/C37H38ClF2N3O4S/c38-30-15-9-24(10-16-30)23-7-13-29(14-8-23)37(39,40)35(36(44)43-21-27-5-6-28(22-43)34(27)41)42-48(45,46)33-18-12-25-19-32(17-11-26(25)20-33)47-31-3-1-2-4-31/h7-20,27-28,31,34-35,42H,1-6,21-22,41H2. The van der Waals surface area contributed by atoms with Crippen molar-refractivity contribution in [1.82, 2.24) is 9.62 Å². The van der Waals surface area contributed by atoms with E-state index in [9.17, 15) is 13.2 Å². The molecule has 3 atom stereocenters. The molecule has 1 saturated heterocycles. The maximum atomic E-state index is 16.6. The molecule has 48 heavy (non-hydrogen) atoms. The van der Waals surface area contributed by atoms with Crippen molar-refractivity contribution in [2.45, 2.75) is 67.5 Å². The van der Waals surface area contributed by atoms with Crippen LogP contribution in [-0.4, -0.2) is 50.5 Å². The zero-order chi connectivity index (χ0) is 33.6. The van der Waals surface area contributed by atoms with Gasteiger partial charge in [0.25, 0.3) is 5.92 Å². The summed E-state index contributed by atoms with van der Waals surface area (Å²) in [5, 5.41) is 1.90. The van der Waals surface area contributed by atoms with E-state index in [0.717, 1.165) is 49.5 Å².